The molecule has 4 aromatic heterocycles. The second-order valence-electron chi connectivity index (χ2n) is 35.2. The highest BCUT2D eigenvalue weighted by molar-refractivity contribution is 7.91. The highest BCUT2D eigenvalue weighted by Gasteiger charge is 2.61. The molecule has 44 heteroatoms. The van der Waals surface area contributed by atoms with Gasteiger partial charge in [-0.05, 0) is 142 Å². The number of benzene rings is 4. The van der Waals surface area contributed by atoms with Crippen molar-refractivity contribution in [3.05, 3.63) is 218 Å². The van der Waals surface area contributed by atoms with E-state index in [0.29, 0.717) is 134 Å². The molecule has 8 aromatic rings. The lowest BCUT2D eigenvalue weighted by molar-refractivity contribution is -0.202. The van der Waals surface area contributed by atoms with Crippen molar-refractivity contribution < 1.29 is 129 Å². The Balaban J connectivity index is 0.000000231. The van der Waals surface area contributed by atoms with Crippen molar-refractivity contribution in [1.82, 2.24) is 40.0 Å². The molecule has 140 heavy (non-hydrogen) atoms. The maximum absolute atomic E-state index is 14.9. The van der Waals surface area contributed by atoms with E-state index in [1.54, 1.807) is 66.4 Å². The predicted octanol–water partition coefficient (Wildman–Crippen LogP) is 24.2. The Labute approximate surface area is 816 Å². The van der Waals surface area contributed by atoms with Crippen LogP contribution in [0, 0.1) is 27.7 Å². The number of halogens is 18. The summed E-state index contributed by atoms with van der Waals surface area (Å²) in [5, 5.41) is 2.80. The van der Waals surface area contributed by atoms with Crippen molar-refractivity contribution in [2.24, 2.45) is 5.73 Å². The summed E-state index contributed by atoms with van der Waals surface area (Å²) < 4.78 is 289. The first-order chi connectivity index (χ1) is 65.3. The van der Waals surface area contributed by atoms with E-state index in [4.69, 9.17) is 5.73 Å². The number of carbonyl (C=O) groups excluding carboxylic acids is 7. The number of carbonyl (C=O) groups is 7. The molecule has 3 unspecified atom stereocenters. The number of nitrogens with two attached hydrogens (primary N) is 1. The molecule has 0 spiro atoms. The number of hydrogen-bond donors (Lipinski definition) is 5. The smallest absolute Gasteiger partial charge is 0.340 e. The Morgan fingerprint density at radius 2 is 0.850 bits per heavy atom. The van der Waals surface area contributed by atoms with Gasteiger partial charge in [-0.25, -0.2) is 41.5 Å². The number of rotatable bonds is 45. The van der Waals surface area contributed by atoms with Gasteiger partial charge in [-0.2, -0.15) is 79.0 Å². The molecule has 0 saturated heterocycles. The molecule has 20 nitrogen and oxygen atoms in total. The van der Waals surface area contributed by atoms with E-state index < -0.39 is 179 Å². The zero-order chi connectivity index (χ0) is 104. The molecular weight excluding hydrogens is 1990 g/mol. The quantitative estimate of drug-likeness (QED) is 0.00591. The number of allylic oxidation sites excluding steroid dienone is 2. The SMILES string of the molecule is CCCCCCCc1cnc(C2(C)CC(c3ccc(C)cc3)=C(C(=O)NS(=O)(=O)C3CC3)C(=O)N2)s1.Cc1ccc(C(=O)/C=C(/c2ncc(CCCCCCC(F)(F)F)s2)C(F)(F)F)cc1.Cc1ccc(C(=O)CC(N)(c2ncc(CCCCCCC(F)(F)F)s2)C(F)(F)F)cc1.Cc1ccc(C(=O)CC(NC(=O)CC(=O)NS(=O)(=O)C2CC2)(c2ncc(CCCCCCC(F)(F)F)s2)C(F)(F)F)cc1. The van der Waals surface area contributed by atoms with Crippen molar-refractivity contribution in [1.29, 1.82) is 0 Å². The van der Waals surface area contributed by atoms with Crippen LogP contribution in [0.25, 0.3) is 11.1 Å². The Hall–Kier alpha value is -9.63. The summed E-state index contributed by atoms with van der Waals surface area (Å²) in [6.45, 7) is 11.4. The molecule has 4 amide bonds. The van der Waals surface area contributed by atoms with Gasteiger partial charge < -0.3 is 16.4 Å². The zero-order valence-corrected chi connectivity index (χ0v) is 82.4. The van der Waals surface area contributed by atoms with Crippen LogP contribution in [0.5, 0.6) is 0 Å². The number of alkyl halides is 18. The van der Waals surface area contributed by atoms with Gasteiger partial charge in [0, 0.05) is 106 Å². The molecule has 0 radical (unpaired) electrons. The standard InChI is InChI=1S/C27H31F6N3O5S2.C27H35N3O4S2.C21H24F6N2OS.C21H21F6NOS/c1-17-7-9-18(10-8-17)21(37)15-25(27(31,32)33,35-22(38)14-23(39)36-43(40,41)20-11-12-20)24-34-16-19(42-24)6-4-2-3-5-13-26(28,29)30;1-4-5-6-7-8-9-20-17-28-26(35-20)27(3)16-22(19-12-10-18(2)11-13-19)23(24(31)29-27)25(32)30-36(33,34)21-14-15-21;1-14-7-9-15(10-8-14)17(30)12-19(28,21(25,26)27)18-29-13-16(31-18)6-4-2-3-5-11-20(22,23)24;1-14-7-9-15(10-8-14)18(29)12-17(21(25,26)27)19-28-13-16(30-19)6-4-2-3-5-11-20(22,23)24/h7-10,16,20H,2-6,11-15H2,1H3,(H,35,38)(H,36,39);10-13,17,21H,4-9,14-16H2,1-3H3,(H,29,31)(H,30,32);7-10,13H,2-6,11-12,28H2,1H3;7-10,12-13H,2-6,11H2,1H3/b;;;17-12-. The largest absolute Gasteiger partial charge is 0.419 e. The van der Waals surface area contributed by atoms with E-state index in [2.05, 4.69) is 36.9 Å². The second kappa shape index (κ2) is 50.5. The fraction of sp³-hybridized carbons (Fsp3) is 0.510. The molecule has 2 fully saturated rings. The number of aryl methyl sites for hydroxylation is 8. The minimum atomic E-state index is -5.29. The lowest BCUT2D eigenvalue weighted by Gasteiger charge is -2.35. The van der Waals surface area contributed by atoms with Crippen molar-refractivity contribution >= 4 is 118 Å². The topological polar surface area (TPSA) is 313 Å². The molecule has 2 aliphatic carbocycles. The molecule has 1 aliphatic heterocycles. The average Bonchev–Trinajstić information content (AvgIpc) is 1.65. The van der Waals surface area contributed by atoms with Crippen LogP contribution in [0.1, 0.15) is 292 Å². The summed E-state index contributed by atoms with van der Waals surface area (Å²) in [4.78, 5) is 108. The lowest BCUT2D eigenvalue weighted by Crippen LogP contribution is -2.57. The van der Waals surface area contributed by atoms with E-state index in [0.717, 1.165) is 74.5 Å². The summed E-state index contributed by atoms with van der Waals surface area (Å²) in [6.07, 6.45) is -13.4. The number of nitrogens with one attached hydrogen (secondary N) is 4. The van der Waals surface area contributed by atoms with Gasteiger partial charge in [0.1, 0.15) is 32.0 Å². The Morgan fingerprint density at radius 1 is 0.464 bits per heavy atom. The number of nitrogens with zero attached hydrogens (tertiary/aromatic N) is 4. The minimum Gasteiger partial charge on any atom is -0.340 e. The average molecular weight is 2100 g/mol. The number of sulfonamides is 2. The fourth-order valence-electron chi connectivity index (χ4n) is 14.5. The van der Waals surface area contributed by atoms with Crippen LogP contribution in [0.4, 0.5) is 79.0 Å². The maximum Gasteiger partial charge on any atom is 0.419 e. The van der Waals surface area contributed by atoms with Crippen LogP contribution in [0.2, 0.25) is 0 Å². The van der Waals surface area contributed by atoms with Crippen molar-refractivity contribution in [3.63, 3.8) is 0 Å². The summed E-state index contributed by atoms with van der Waals surface area (Å²) >= 11 is 3.80. The third kappa shape index (κ3) is 36.7. The van der Waals surface area contributed by atoms with E-state index >= 15 is 0 Å². The maximum atomic E-state index is 14.9. The highest BCUT2D eigenvalue weighted by Crippen LogP contribution is 2.48. The summed E-state index contributed by atoms with van der Waals surface area (Å²) in [5.41, 5.74) is 2.44. The molecule has 3 atom stereocenters. The van der Waals surface area contributed by atoms with Gasteiger partial charge in [-0.15, -0.1) is 45.3 Å². The zero-order valence-electron chi connectivity index (χ0n) is 77.5. The third-order valence-corrected chi connectivity index (χ3v) is 31.3. The number of hydrogen-bond acceptors (Lipinski definition) is 20. The fourth-order valence-corrected chi connectivity index (χ4v) is 21.3. The van der Waals surface area contributed by atoms with E-state index in [1.807, 2.05) is 44.3 Å². The number of aromatic nitrogens is 4. The number of thiazole rings is 4. The second-order valence-corrected chi connectivity index (χ2v) is 43.6. The first kappa shape index (κ1) is 116. The molecule has 3 aliphatic rings. The van der Waals surface area contributed by atoms with Gasteiger partial charge in [0.15, 0.2) is 28.4 Å². The van der Waals surface area contributed by atoms with E-state index in [9.17, 15) is 129 Å². The molecule has 6 N–H and O–H groups in total. The van der Waals surface area contributed by atoms with Crippen molar-refractivity contribution in [3.8, 4) is 0 Å². The predicted molar refractivity (Wildman–Crippen MR) is 500 cm³/mol. The number of unbranched alkanes of at least 4 members (excludes halogenated alkanes) is 13. The normalized spacial score (nSPS) is 16.0. The molecule has 5 heterocycles. The van der Waals surface area contributed by atoms with Crippen LogP contribution >= 0.6 is 45.3 Å². The van der Waals surface area contributed by atoms with Gasteiger partial charge >= 0.3 is 37.1 Å². The number of ketones is 3. The molecule has 11 rings (SSSR count). The molecule has 0 bridgehead atoms. The van der Waals surface area contributed by atoms with Crippen LogP contribution in [-0.4, -0.2) is 125 Å². The minimum absolute atomic E-state index is 0.0263. The first-order valence-corrected chi connectivity index (χ1v) is 51.7. The van der Waals surface area contributed by atoms with E-state index in [1.165, 1.54) is 91.5 Å². The summed E-state index contributed by atoms with van der Waals surface area (Å²) in [5.74, 6) is -6.72. The number of Topliss-reactive ketones (excluding diaryl/α,β-unsaturated/α-hetero) is 2. The molecule has 2 saturated carbocycles. The molecular formula is C96H111F18N9O11S6. The Bertz CT molecular complexity index is 5790. The van der Waals surface area contributed by atoms with Gasteiger partial charge in [-0.1, -0.05) is 190 Å². The first-order valence-electron chi connectivity index (χ1n) is 45.4. The number of amides is 4. The van der Waals surface area contributed by atoms with Crippen LogP contribution in [0.15, 0.2) is 133 Å². The Kier molecular flexibility index (Phi) is 41.7. The summed E-state index contributed by atoms with van der Waals surface area (Å²) in [7, 11) is -7.84. The van der Waals surface area contributed by atoms with Crippen LogP contribution in [-0.2, 0) is 81.5 Å². The van der Waals surface area contributed by atoms with Gasteiger partial charge in [0.2, 0.25) is 31.9 Å². The Morgan fingerprint density at radius 3 is 1.28 bits per heavy atom. The lowest BCUT2D eigenvalue weighted by atomic mass is 9.82. The van der Waals surface area contributed by atoms with Crippen molar-refractivity contribution in [2.45, 2.75) is 311 Å². The summed E-state index contributed by atoms with van der Waals surface area (Å²) in [6, 6.07) is 25.7. The van der Waals surface area contributed by atoms with Crippen molar-refractivity contribution in [2.75, 3.05) is 0 Å². The molecule has 768 valence electrons. The molecule has 4 aromatic carbocycles. The van der Waals surface area contributed by atoms with E-state index in [-0.39, 0.29) is 59.4 Å². The van der Waals surface area contributed by atoms with Crippen LogP contribution in [0.3, 0.4) is 0 Å². The van der Waals surface area contributed by atoms with Gasteiger partial charge in [0.05, 0.1) is 21.6 Å². The third-order valence-electron chi connectivity index (χ3n) is 22.8. The van der Waals surface area contributed by atoms with Crippen LogP contribution < -0.4 is 25.8 Å². The monoisotopic (exact) mass is 2100 g/mol. The van der Waals surface area contributed by atoms with Gasteiger partial charge in [-0.3, -0.25) is 38.3 Å². The highest BCUT2D eigenvalue weighted by atomic mass is 32.2. The van der Waals surface area contributed by atoms with Gasteiger partial charge in [0.25, 0.3) is 11.8 Å².